The molecule has 3 atom stereocenters. The third-order valence-electron chi connectivity index (χ3n) is 4.51. The molecule has 2 rings (SSSR count). The molecular formula is C17H27N. The van der Waals surface area contributed by atoms with Crippen LogP contribution in [-0.2, 0) is 0 Å². The molecule has 0 spiro atoms. The van der Waals surface area contributed by atoms with Crippen molar-refractivity contribution in [3.8, 4) is 0 Å². The topological polar surface area (TPSA) is 12.0 Å². The van der Waals surface area contributed by atoms with Gasteiger partial charge in [0.25, 0.3) is 0 Å². The highest BCUT2D eigenvalue weighted by molar-refractivity contribution is 5.18. The van der Waals surface area contributed by atoms with Gasteiger partial charge in [0.1, 0.15) is 0 Å². The van der Waals surface area contributed by atoms with Crippen molar-refractivity contribution in [3.63, 3.8) is 0 Å². The zero-order valence-corrected chi connectivity index (χ0v) is 11.9. The SMILES string of the molecule is CC(CNCC1CCCCC1C)c1ccccc1. The normalized spacial score (nSPS) is 25.9. The molecule has 1 nitrogen and oxygen atoms in total. The predicted octanol–water partition coefficient (Wildman–Crippen LogP) is 4.21. The van der Waals surface area contributed by atoms with Gasteiger partial charge in [0.2, 0.25) is 0 Å². The molecule has 0 aromatic heterocycles. The predicted molar refractivity (Wildman–Crippen MR) is 78.8 cm³/mol. The summed E-state index contributed by atoms with van der Waals surface area (Å²) in [5.41, 5.74) is 1.45. The summed E-state index contributed by atoms with van der Waals surface area (Å²) in [5, 5.41) is 3.68. The van der Waals surface area contributed by atoms with Crippen LogP contribution in [0.4, 0.5) is 0 Å². The second kappa shape index (κ2) is 6.94. The number of rotatable bonds is 5. The van der Waals surface area contributed by atoms with Crippen LogP contribution < -0.4 is 5.32 Å². The summed E-state index contributed by atoms with van der Waals surface area (Å²) in [4.78, 5) is 0. The van der Waals surface area contributed by atoms with Gasteiger partial charge in [-0.05, 0) is 36.3 Å². The summed E-state index contributed by atoms with van der Waals surface area (Å²) in [6.07, 6.45) is 5.73. The fraction of sp³-hybridized carbons (Fsp3) is 0.647. The van der Waals surface area contributed by atoms with Gasteiger partial charge in [0.05, 0.1) is 0 Å². The number of hydrogen-bond donors (Lipinski definition) is 1. The smallest absolute Gasteiger partial charge is 0.00176 e. The molecule has 1 aromatic carbocycles. The summed E-state index contributed by atoms with van der Waals surface area (Å²) in [6.45, 7) is 7.05. The van der Waals surface area contributed by atoms with Crippen LogP contribution >= 0.6 is 0 Å². The van der Waals surface area contributed by atoms with Crippen molar-refractivity contribution in [1.29, 1.82) is 0 Å². The van der Waals surface area contributed by atoms with Crippen LogP contribution in [0.25, 0.3) is 0 Å². The van der Waals surface area contributed by atoms with Gasteiger partial charge in [-0.1, -0.05) is 63.4 Å². The van der Waals surface area contributed by atoms with Gasteiger partial charge >= 0.3 is 0 Å². The first kappa shape index (κ1) is 13.6. The standard InChI is InChI=1S/C17H27N/c1-14-8-6-7-11-17(14)13-18-12-15(2)16-9-4-3-5-10-16/h3-5,9-10,14-15,17-18H,6-8,11-13H2,1-2H3. The first-order valence-corrected chi connectivity index (χ1v) is 7.53. The molecule has 0 bridgehead atoms. The monoisotopic (exact) mass is 245 g/mol. The van der Waals surface area contributed by atoms with E-state index in [2.05, 4.69) is 49.5 Å². The summed E-state index contributed by atoms with van der Waals surface area (Å²) in [6, 6.07) is 10.8. The largest absolute Gasteiger partial charge is 0.316 e. The molecule has 1 N–H and O–H groups in total. The lowest BCUT2D eigenvalue weighted by atomic mass is 9.80. The van der Waals surface area contributed by atoms with Crippen molar-refractivity contribution in [2.75, 3.05) is 13.1 Å². The maximum absolute atomic E-state index is 3.68. The first-order valence-electron chi connectivity index (χ1n) is 7.53. The molecule has 0 heterocycles. The maximum atomic E-state index is 3.68. The Morgan fingerprint density at radius 3 is 2.61 bits per heavy atom. The van der Waals surface area contributed by atoms with Gasteiger partial charge in [-0.2, -0.15) is 0 Å². The van der Waals surface area contributed by atoms with Crippen molar-refractivity contribution in [3.05, 3.63) is 35.9 Å². The number of nitrogens with one attached hydrogen (secondary N) is 1. The highest BCUT2D eigenvalue weighted by Gasteiger charge is 2.20. The summed E-state index contributed by atoms with van der Waals surface area (Å²) < 4.78 is 0. The van der Waals surface area contributed by atoms with Crippen LogP contribution in [0.15, 0.2) is 30.3 Å². The van der Waals surface area contributed by atoms with Gasteiger partial charge in [0, 0.05) is 6.54 Å². The van der Waals surface area contributed by atoms with Crippen molar-refractivity contribution in [2.45, 2.75) is 45.4 Å². The van der Waals surface area contributed by atoms with Crippen LogP contribution in [0.3, 0.4) is 0 Å². The number of benzene rings is 1. The van der Waals surface area contributed by atoms with Crippen LogP contribution in [-0.4, -0.2) is 13.1 Å². The van der Waals surface area contributed by atoms with Crippen molar-refractivity contribution in [2.24, 2.45) is 11.8 Å². The molecule has 0 aliphatic heterocycles. The van der Waals surface area contributed by atoms with E-state index in [0.717, 1.165) is 18.4 Å². The van der Waals surface area contributed by atoms with Gasteiger partial charge in [0.15, 0.2) is 0 Å². The Balaban J connectivity index is 1.71. The second-order valence-electron chi connectivity index (χ2n) is 5.99. The molecule has 0 saturated heterocycles. The molecule has 0 radical (unpaired) electrons. The highest BCUT2D eigenvalue weighted by Crippen LogP contribution is 2.28. The van der Waals surface area contributed by atoms with Crippen LogP contribution in [0, 0.1) is 11.8 Å². The quantitative estimate of drug-likeness (QED) is 0.819. The molecule has 1 aliphatic rings. The van der Waals surface area contributed by atoms with E-state index in [-0.39, 0.29) is 0 Å². The van der Waals surface area contributed by atoms with Gasteiger partial charge in [-0.25, -0.2) is 0 Å². The first-order chi connectivity index (χ1) is 8.77. The Morgan fingerprint density at radius 1 is 1.17 bits per heavy atom. The van der Waals surface area contributed by atoms with E-state index >= 15 is 0 Å². The Bertz CT molecular complexity index is 333. The Kier molecular flexibility index (Phi) is 5.25. The van der Waals surface area contributed by atoms with Crippen molar-refractivity contribution in [1.82, 2.24) is 5.32 Å². The third kappa shape index (κ3) is 3.84. The molecule has 1 fully saturated rings. The minimum Gasteiger partial charge on any atom is -0.316 e. The minimum atomic E-state index is 0.616. The lowest BCUT2D eigenvalue weighted by Gasteiger charge is -2.29. The van der Waals surface area contributed by atoms with E-state index in [1.54, 1.807) is 0 Å². The third-order valence-corrected chi connectivity index (χ3v) is 4.51. The van der Waals surface area contributed by atoms with Crippen molar-refractivity contribution < 1.29 is 0 Å². The van der Waals surface area contributed by atoms with Gasteiger partial charge in [-0.15, -0.1) is 0 Å². The van der Waals surface area contributed by atoms with E-state index < -0.39 is 0 Å². The molecule has 1 aliphatic carbocycles. The van der Waals surface area contributed by atoms with E-state index in [1.165, 1.54) is 37.8 Å². The zero-order valence-electron chi connectivity index (χ0n) is 11.9. The molecule has 18 heavy (non-hydrogen) atoms. The molecule has 3 unspecified atom stereocenters. The summed E-state index contributed by atoms with van der Waals surface area (Å²) in [7, 11) is 0. The minimum absolute atomic E-state index is 0.616. The summed E-state index contributed by atoms with van der Waals surface area (Å²) >= 11 is 0. The van der Waals surface area contributed by atoms with E-state index in [4.69, 9.17) is 0 Å². The van der Waals surface area contributed by atoms with Crippen LogP contribution in [0.1, 0.15) is 51.0 Å². The van der Waals surface area contributed by atoms with Crippen LogP contribution in [0.2, 0.25) is 0 Å². The van der Waals surface area contributed by atoms with Crippen LogP contribution in [0.5, 0.6) is 0 Å². The Hall–Kier alpha value is -0.820. The molecule has 1 aromatic rings. The zero-order chi connectivity index (χ0) is 12.8. The number of hydrogen-bond acceptors (Lipinski definition) is 1. The fourth-order valence-electron chi connectivity index (χ4n) is 3.08. The van der Waals surface area contributed by atoms with E-state index in [1.807, 2.05) is 0 Å². The van der Waals surface area contributed by atoms with Gasteiger partial charge < -0.3 is 5.32 Å². The molecular weight excluding hydrogens is 218 g/mol. The van der Waals surface area contributed by atoms with E-state index in [9.17, 15) is 0 Å². The highest BCUT2D eigenvalue weighted by atomic mass is 14.9. The van der Waals surface area contributed by atoms with E-state index in [0.29, 0.717) is 5.92 Å². The Morgan fingerprint density at radius 2 is 1.89 bits per heavy atom. The lowest BCUT2D eigenvalue weighted by molar-refractivity contribution is 0.247. The molecule has 1 saturated carbocycles. The average Bonchev–Trinajstić information content (AvgIpc) is 2.42. The lowest BCUT2D eigenvalue weighted by Crippen LogP contribution is -2.31. The average molecular weight is 245 g/mol. The summed E-state index contributed by atoms with van der Waals surface area (Å²) in [5.74, 6) is 2.44. The Labute approximate surface area is 112 Å². The molecule has 1 heteroatoms. The molecule has 0 amide bonds. The van der Waals surface area contributed by atoms with Gasteiger partial charge in [-0.3, -0.25) is 0 Å². The second-order valence-corrected chi connectivity index (χ2v) is 5.99. The maximum Gasteiger partial charge on any atom is 0.00176 e. The fourth-order valence-corrected chi connectivity index (χ4v) is 3.08. The van der Waals surface area contributed by atoms with Crippen molar-refractivity contribution >= 4 is 0 Å². The molecule has 100 valence electrons.